The molecule has 19 heteroatoms. The zero-order chi connectivity index (χ0) is 43.1. The normalized spacial score (nSPS) is 17.4. The van der Waals surface area contributed by atoms with Gasteiger partial charge in [0.15, 0.2) is 6.04 Å². The summed E-state index contributed by atoms with van der Waals surface area (Å²) >= 11 is 0. The van der Waals surface area contributed by atoms with Gasteiger partial charge in [-0.2, -0.15) is 0 Å². The van der Waals surface area contributed by atoms with E-state index in [1.807, 2.05) is 41.5 Å². The maximum Gasteiger partial charge on any atom is 0.330 e. The van der Waals surface area contributed by atoms with Crippen molar-refractivity contribution in [1.29, 1.82) is 0 Å². The lowest BCUT2D eigenvalue weighted by atomic mass is 10.0. The van der Waals surface area contributed by atoms with Gasteiger partial charge in [-0.25, -0.2) is 4.79 Å². The summed E-state index contributed by atoms with van der Waals surface area (Å²) in [7, 11) is 1.12. The Balaban J connectivity index is 0.0000325. The highest BCUT2D eigenvalue weighted by atomic mass is 35.5. The number of ether oxygens (including phenoxy) is 1. The number of aliphatic hydroxyl groups is 1. The molecule has 0 spiro atoms. The molecule has 0 unspecified atom stereocenters. The maximum absolute atomic E-state index is 13.5. The van der Waals surface area contributed by atoms with E-state index in [-0.39, 0.29) is 55.5 Å². The highest BCUT2D eigenvalue weighted by Crippen LogP contribution is 2.10. The van der Waals surface area contributed by atoms with Crippen molar-refractivity contribution in [3.63, 3.8) is 0 Å². The minimum Gasteiger partial charge on any atom is -0.467 e. The van der Waals surface area contributed by atoms with E-state index in [1.54, 1.807) is 0 Å². The molecule has 336 valence electrons. The molecule has 0 saturated carbocycles. The van der Waals surface area contributed by atoms with Crippen LogP contribution in [0.4, 0.5) is 0 Å². The second-order valence-electron chi connectivity index (χ2n) is 16.2. The van der Waals surface area contributed by atoms with Crippen LogP contribution >= 0.6 is 12.4 Å². The number of aliphatic hydroxyl groups excluding tert-OH is 1. The zero-order valence-electron chi connectivity index (χ0n) is 36.2. The Hall–Kier alpha value is -3.58. The average Bonchev–Trinajstić information content (AvgIpc) is 3.12. The van der Waals surface area contributed by atoms with Gasteiger partial charge in [0.05, 0.1) is 20.3 Å². The first kappa shape index (κ1) is 54.4. The highest BCUT2D eigenvalue weighted by Gasteiger charge is 2.32. The van der Waals surface area contributed by atoms with Gasteiger partial charge in [-0.15, -0.1) is 12.4 Å². The molecule has 1 aliphatic rings. The highest BCUT2D eigenvalue weighted by molar-refractivity contribution is 5.96. The number of hydrogen-bond donors (Lipinski definition) is 9. The van der Waals surface area contributed by atoms with Gasteiger partial charge in [0.2, 0.25) is 35.4 Å². The average molecular weight is 849 g/mol. The molecule has 1 aliphatic heterocycles. The smallest absolute Gasteiger partial charge is 0.330 e. The van der Waals surface area contributed by atoms with E-state index >= 15 is 0 Å². The lowest BCUT2D eigenvalue weighted by Gasteiger charge is -2.27. The summed E-state index contributed by atoms with van der Waals surface area (Å²) in [5, 5.41) is 32.2. The fourth-order valence-electron chi connectivity index (χ4n) is 6.21. The van der Waals surface area contributed by atoms with E-state index in [9.17, 15) is 38.7 Å². The molecule has 0 aliphatic carbocycles. The molecule has 0 bridgehead atoms. The lowest BCUT2D eigenvalue weighted by Crippen LogP contribution is -2.59. The summed E-state index contributed by atoms with van der Waals surface area (Å²) in [4.78, 5) is 93.8. The Bertz CT molecular complexity index is 1280. The van der Waals surface area contributed by atoms with Crippen LogP contribution in [0.3, 0.4) is 0 Å². The van der Waals surface area contributed by atoms with Crippen molar-refractivity contribution in [2.45, 2.75) is 130 Å². The number of halogens is 1. The van der Waals surface area contributed by atoms with Gasteiger partial charge in [0.25, 0.3) is 0 Å². The summed E-state index contributed by atoms with van der Waals surface area (Å²) in [6.45, 7) is 18.7. The van der Waals surface area contributed by atoms with E-state index in [4.69, 9.17) is 0 Å². The molecule has 0 aromatic heterocycles. The molecule has 18 nitrogen and oxygen atoms in total. The van der Waals surface area contributed by atoms with E-state index in [0.29, 0.717) is 6.42 Å². The molecule has 6 atom stereocenters. The van der Waals surface area contributed by atoms with Crippen LogP contribution in [-0.4, -0.2) is 147 Å². The Morgan fingerprint density at radius 3 is 1.29 bits per heavy atom. The third-order valence-corrected chi connectivity index (χ3v) is 9.26. The SMILES string of the molecule is COC(=O)[C@H](CO)NC(=O)[C@H](CC(C)C)NC(=O)[C@H](C)NC(=O)[C@H](CC(C)C)NC(=O)[C@H](C)NC(=O)[C@H](CC(C)C)NC(=O)CN1CCCNCCCNCCC1.Cl. The Morgan fingerprint density at radius 2 is 0.914 bits per heavy atom. The van der Waals surface area contributed by atoms with Crippen molar-refractivity contribution in [1.82, 2.24) is 47.4 Å². The minimum absolute atomic E-state index is 0. The molecule has 6 amide bonds. The van der Waals surface area contributed by atoms with Crippen LogP contribution in [0.1, 0.15) is 93.9 Å². The Kier molecular flexibility index (Phi) is 27.8. The molecule has 1 heterocycles. The number of esters is 1. The molecule has 58 heavy (non-hydrogen) atoms. The van der Waals surface area contributed by atoms with Gasteiger partial charge in [0.1, 0.15) is 30.2 Å². The van der Waals surface area contributed by atoms with Gasteiger partial charge in [0, 0.05) is 0 Å². The summed E-state index contributed by atoms with van der Waals surface area (Å²) in [6.07, 6.45) is 3.63. The lowest BCUT2D eigenvalue weighted by molar-refractivity contribution is -0.146. The predicted octanol–water partition coefficient (Wildman–Crippen LogP) is -0.674. The summed E-state index contributed by atoms with van der Waals surface area (Å²) in [6, 6.07) is -6.55. The van der Waals surface area contributed by atoms with Gasteiger partial charge >= 0.3 is 5.97 Å². The number of nitrogens with zero attached hydrogens (tertiary/aromatic N) is 1. The van der Waals surface area contributed by atoms with E-state index < -0.39 is 78.4 Å². The van der Waals surface area contributed by atoms with Crippen LogP contribution < -0.4 is 42.5 Å². The summed E-state index contributed by atoms with van der Waals surface area (Å²) in [5.74, 6) is -4.35. The first-order valence-corrected chi connectivity index (χ1v) is 20.5. The minimum atomic E-state index is -1.32. The monoisotopic (exact) mass is 848 g/mol. The number of methoxy groups -OCH3 is 1. The first-order chi connectivity index (χ1) is 26.9. The Labute approximate surface area is 351 Å². The third-order valence-electron chi connectivity index (χ3n) is 9.26. The Morgan fingerprint density at radius 1 is 0.552 bits per heavy atom. The van der Waals surface area contributed by atoms with Crippen LogP contribution in [0.15, 0.2) is 0 Å². The second-order valence-corrected chi connectivity index (χ2v) is 16.2. The van der Waals surface area contributed by atoms with Crippen molar-refractivity contribution in [2.24, 2.45) is 17.8 Å². The van der Waals surface area contributed by atoms with Crippen molar-refractivity contribution in [3.8, 4) is 0 Å². The fraction of sp³-hybridized carbons (Fsp3) is 0.821. The number of rotatable bonds is 21. The summed E-state index contributed by atoms with van der Waals surface area (Å²) in [5.41, 5.74) is 0. The topological polar surface area (TPSA) is 248 Å². The largest absolute Gasteiger partial charge is 0.467 e. The quantitative estimate of drug-likeness (QED) is 0.0653. The van der Waals surface area contributed by atoms with Crippen LogP contribution in [-0.2, 0) is 38.3 Å². The number of hydrogen-bond acceptors (Lipinski definition) is 12. The van der Waals surface area contributed by atoms with Crippen LogP contribution in [0.25, 0.3) is 0 Å². The van der Waals surface area contributed by atoms with Crippen LogP contribution in [0, 0.1) is 17.8 Å². The van der Waals surface area contributed by atoms with Crippen LogP contribution in [0.5, 0.6) is 0 Å². The number of nitrogens with one attached hydrogen (secondary N) is 8. The van der Waals surface area contributed by atoms with Gasteiger partial charge in [-0.1, -0.05) is 41.5 Å². The van der Waals surface area contributed by atoms with E-state index in [0.717, 1.165) is 65.6 Å². The molecule has 1 rings (SSSR count). The predicted molar refractivity (Wildman–Crippen MR) is 224 cm³/mol. The molecular formula is C39H74ClN9O9. The number of amides is 6. The first-order valence-electron chi connectivity index (χ1n) is 20.5. The standard InChI is InChI=1S/C39H73N9O9.ClH/c1-24(2)19-29(44-33(50)22-48-17-11-15-40-13-10-14-41-16-12-18-48)36(53)42-27(7)34(51)45-30(20-25(3)4)37(54)43-28(8)35(52)46-31(21-26(5)6)38(55)47-32(23-49)39(56)57-9;/h24-32,40-41,49H,10-23H2,1-9H3,(H,42,53)(H,43,54)(H,44,50)(H,45,51)(H,46,52)(H,47,55);1H/t27-,28-,29-,30-,31-,32-;/m0./s1. The molecule has 1 saturated heterocycles. The molecule has 9 N–H and O–H groups in total. The molecule has 0 aromatic rings. The van der Waals surface area contributed by atoms with Gasteiger partial charge in [-0.05, 0) is 109 Å². The number of carbonyl (C=O) groups is 7. The second kappa shape index (κ2) is 29.6. The molecule has 0 aromatic carbocycles. The number of carbonyl (C=O) groups excluding carboxylic acids is 7. The molecule has 0 radical (unpaired) electrons. The van der Waals surface area contributed by atoms with Crippen molar-refractivity contribution in [2.75, 3.05) is 59.5 Å². The van der Waals surface area contributed by atoms with E-state index in [1.165, 1.54) is 13.8 Å². The maximum atomic E-state index is 13.5. The third kappa shape index (κ3) is 22.5. The molecular weight excluding hydrogens is 774 g/mol. The van der Waals surface area contributed by atoms with E-state index in [2.05, 4.69) is 52.2 Å². The zero-order valence-corrected chi connectivity index (χ0v) is 37.0. The van der Waals surface area contributed by atoms with Gasteiger partial charge in [-0.3, -0.25) is 33.7 Å². The van der Waals surface area contributed by atoms with Gasteiger partial charge < -0.3 is 52.4 Å². The fourth-order valence-corrected chi connectivity index (χ4v) is 6.21. The summed E-state index contributed by atoms with van der Waals surface area (Å²) < 4.78 is 4.60. The molecule has 1 fully saturated rings. The van der Waals surface area contributed by atoms with Crippen molar-refractivity contribution in [3.05, 3.63) is 0 Å². The van der Waals surface area contributed by atoms with Crippen LogP contribution in [0.2, 0.25) is 0 Å². The van der Waals surface area contributed by atoms with Crippen molar-refractivity contribution < 1.29 is 43.4 Å². The van der Waals surface area contributed by atoms with Crippen molar-refractivity contribution >= 4 is 53.8 Å².